The molecule has 2 N–H and O–H groups in total. The first-order valence-electron chi connectivity index (χ1n) is 8.45. The van der Waals surface area contributed by atoms with Gasteiger partial charge in [-0.1, -0.05) is 72.9 Å². The first-order chi connectivity index (χ1) is 12.2. The molecule has 1 saturated heterocycles. The van der Waals surface area contributed by atoms with Crippen molar-refractivity contribution in [2.24, 2.45) is 5.73 Å². The lowest BCUT2D eigenvalue weighted by Gasteiger charge is -2.28. The summed E-state index contributed by atoms with van der Waals surface area (Å²) >= 11 is 5.21. The summed E-state index contributed by atoms with van der Waals surface area (Å²) in [6, 6.07) is 20.0. The monoisotopic (exact) mass is 357 g/mol. The maximum atomic E-state index is 6.06. The highest BCUT2D eigenvalue weighted by atomic mass is 32.1. The van der Waals surface area contributed by atoms with Gasteiger partial charge in [0.1, 0.15) is 4.99 Å². The quantitative estimate of drug-likeness (QED) is 0.732. The lowest BCUT2D eigenvalue weighted by atomic mass is 10.1. The Morgan fingerprint density at radius 1 is 1.04 bits per heavy atom. The third-order valence-corrected chi connectivity index (χ3v) is 4.57. The molecule has 132 valence electrons. The van der Waals surface area contributed by atoms with E-state index in [1.54, 1.807) is 0 Å². The van der Waals surface area contributed by atoms with Crippen LogP contribution in [0.25, 0.3) is 0 Å². The standard InChI is InChI=1S/C20H23NO3S/c21-19(25)20(23-14-17-9-5-2-6-10-17)12-11-18(24-20)15-22-13-16-7-3-1-4-8-16/h1-10,18H,11-15H2,(H2,21,25). The van der Waals surface area contributed by atoms with Gasteiger partial charge in [-0.15, -0.1) is 0 Å². The molecule has 0 saturated carbocycles. The van der Waals surface area contributed by atoms with Gasteiger partial charge in [0.2, 0.25) is 5.79 Å². The van der Waals surface area contributed by atoms with Gasteiger partial charge in [-0.05, 0) is 17.5 Å². The maximum Gasteiger partial charge on any atom is 0.221 e. The molecule has 3 rings (SSSR count). The van der Waals surface area contributed by atoms with Gasteiger partial charge < -0.3 is 19.9 Å². The van der Waals surface area contributed by atoms with E-state index >= 15 is 0 Å². The normalized spacial score (nSPS) is 22.8. The van der Waals surface area contributed by atoms with Crippen LogP contribution >= 0.6 is 12.2 Å². The topological polar surface area (TPSA) is 53.7 Å². The molecule has 2 aromatic rings. The van der Waals surface area contributed by atoms with Crippen LogP contribution in [0.1, 0.15) is 24.0 Å². The van der Waals surface area contributed by atoms with Gasteiger partial charge in [0, 0.05) is 6.42 Å². The summed E-state index contributed by atoms with van der Waals surface area (Å²) < 4.78 is 17.8. The van der Waals surface area contributed by atoms with E-state index < -0.39 is 5.79 Å². The summed E-state index contributed by atoms with van der Waals surface area (Å²) in [5.41, 5.74) is 8.12. The summed E-state index contributed by atoms with van der Waals surface area (Å²) in [5.74, 6) is -0.994. The molecule has 0 spiro atoms. The molecule has 0 aliphatic carbocycles. The molecule has 0 aromatic heterocycles. The number of hydrogen-bond acceptors (Lipinski definition) is 4. The van der Waals surface area contributed by atoms with E-state index in [9.17, 15) is 0 Å². The fraction of sp³-hybridized carbons (Fsp3) is 0.350. The molecule has 0 bridgehead atoms. The highest BCUT2D eigenvalue weighted by Gasteiger charge is 2.44. The van der Waals surface area contributed by atoms with E-state index in [1.807, 2.05) is 60.7 Å². The van der Waals surface area contributed by atoms with Crippen molar-refractivity contribution in [1.29, 1.82) is 0 Å². The van der Waals surface area contributed by atoms with Crippen molar-refractivity contribution in [3.8, 4) is 0 Å². The highest BCUT2D eigenvalue weighted by Crippen LogP contribution is 2.33. The average Bonchev–Trinajstić information content (AvgIpc) is 3.07. The number of hydrogen-bond donors (Lipinski definition) is 1. The summed E-state index contributed by atoms with van der Waals surface area (Å²) in [6.45, 7) is 1.47. The van der Waals surface area contributed by atoms with Gasteiger partial charge in [0.25, 0.3) is 0 Å². The van der Waals surface area contributed by atoms with Crippen LogP contribution in [0, 0.1) is 0 Å². The summed E-state index contributed by atoms with van der Waals surface area (Å²) in [4.78, 5) is 0.244. The highest BCUT2D eigenvalue weighted by molar-refractivity contribution is 7.80. The fourth-order valence-electron chi connectivity index (χ4n) is 2.87. The third kappa shape index (κ3) is 4.86. The molecule has 1 fully saturated rings. The van der Waals surface area contributed by atoms with Crippen molar-refractivity contribution < 1.29 is 14.2 Å². The number of benzene rings is 2. The number of thiocarbonyl (C=S) groups is 1. The summed E-state index contributed by atoms with van der Waals surface area (Å²) in [7, 11) is 0. The van der Waals surface area contributed by atoms with E-state index in [0.717, 1.165) is 17.5 Å². The van der Waals surface area contributed by atoms with E-state index in [2.05, 4.69) is 0 Å². The molecule has 25 heavy (non-hydrogen) atoms. The van der Waals surface area contributed by atoms with Crippen molar-refractivity contribution in [2.45, 2.75) is 37.9 Å². The smallest absolute Gasteiger partial charge is 0.221 e. The number of rotatable bonds is 8. The van der Waals surface area contributed by atoms with Crippen LogP contribution in [0.3, 0.4) is 0 Å². The molecule has 0 radical (unpaired) electrons. The van der Waals surface area contributed by atoms with Gasteiger partial charge in [-0.2, -0.15) is 0 Å². The van der Waals surface area contributed by atoms with E-state index in [1.165, 1.54) is 0 Å². The van der Waals surface area contributed by atoms with Crippen LogP contribution in [0.5, 0.6) is 0 Å². The molecule has 1 aliphatic heterocycles. The molecule has 2 unspecified atom stereocenters. The Morgan fingerprint density at radius 3 is 2.24 bits per heavy atom. The van der Waals surface area contributed by atoms with Crippen molar-refractivity contribution in [3.05, 3.63) is 71.8 Å². The van der Waals surface area contributed by atoms with Gasteiger partial charge in [-0.3, -0.25) is 0 Å². The Balaban J connectivity index is 1.51. The second-order valence-corrected chi connectivity index (χ2v) is 6.61. The van der Waals surface area contributed by atoms with Crippen LogP contribution in [0.2, 0.25) is 0 Å². The van der Waals surface area contributed by atoms with Gasteiger partial charge in [0.05, 0.1) is 25.9 Å². The molecule has 2 aromatic carbocycles. The van der Waals surface area contributed by atoms with Crippen molar-refractivity contribution in [1.82, 2.24) is 0 Å². The molecule has 1 heterocycles. The fourth-order valence-corrected chi connectivity index (χ4v) is 3.08. The summed E-state index contributed by atoms with van der Waals surface area (Å²) in [6.07, 6.45) is 1.39. The Bertz CT molecular complexity index is 680. The van der Waals surface area contributed by atoms with E-state index in [0.29, 0.717) is 26.2 Å². The van der Waals surface area contributed by atoms with Gasteiger partial charge in [0.15, 0.2) is 0 Å². The Labute approximate surface area is 153 Å². The lowest BCUT2D eigenvalue weighted by molar-refractivity contribution is -0.193. The lowest BCUT2D eigenvalue weighted by Crippen LogP contribution is -2.45. The third-order valence-electron chi connectivity index (χ3n) is 4.26. The van der Waals surface area contributed by atoms with E-state index in [4.69, 9.17) is 32.2 Å². The second kappa shape index (κ2) is 8.54. The number of nitrogens with two attached hydrogens (primary N) is 1. The molecule has 4 nitrogen and oxygen atoms in total. The molecular formula is C20H23NO3S. The number of ether oxygens (including phenoxy) is 3. The summed E-state index contributed by atoms with van der Waals surface area (Å²) in [5, 5.41) is 0. The van der Waals surface area contributed by atoms with Gasteiger partial charge >= 0.3 is 0 Å². The second-order valence-electron chi connectivity index (χ2n) is 6.17. The van der Waals surface area contributed by atoms with Crippen LogP contribution in [0.15, 0.2) is 60.7 Å². The first kappa shape index (κ1) is 18.0. The minimum Gasteiger partial charge on any atom is -0.389 e. The first-order valence-corrected chi connectivity index (χ1v) is 8.86. The average molecular weight is 357 g/mol. The molecule has 0 amide bonds. The van der Waals surface area contributed by atoms with Crippen molar-refractivity contribution in [2.75, 3.05) is 6.61 Å². The predicted molar refractivity (Wildman–Crippen MR) is 101 cm³/mol. The Morgan fingerprint density at radius 2 is 1.64 bits per heavy atom. The molecule has 5 heteroatoms. The maximum absolute atomic E-state index is 6.06. The zero-order valence-corrected chi connectivity index (χ0v) is 14.9. The zero-order chi connectivity index (χ0) is 17.5. The van der Waals surface area contributed by atoms with Gasteiger partial charge in [-0.25, -0.2) is 0 Å². The minimum atomic E-state index is -0.994. The Hall–Kier alpha value is -1.79. The predicted octanol–water partition coefficient (Wildman–Crippen LogP) is 3.58. The largest absolute Gasteiger partial charge is 0.389 e. The van der Waals surface area contributed by atoms with E-state index in [-0.39, 0.29) is 11.1 Å². The molecular weight excluding hydrogens is 334 g/mol. The van der Waals surface area contributed by atoms with Crippen molar-refractivity contribution in [3.63, 3.8) is 0 Å². The minimum absolute atomic E-state index is 0.0685. The molecule has 2 atom stereocenters. The molecule has 1 aliphatic rings. The van der Waals surface area contributed by atoms with Crippen LogP contribution in [-0.2, 0) is 27.4 Å². The zero-order valence-electron chi connectivity index (χ0n) is 14.1. The Kier molecular flexibility index (Phi) is 6.15. The SMILES string of the molecule is NC(=S)C1(OCc2ccccc2)CCC(COCc2ccccc2)O1. The van der Waals surface area contributed by atoms with Crippen LogP contribution < -0.4 is 5.73 Å². The van der Waals surface area contributed by atoms with Crippen LogP contribution in [-0.4, -0.2) is 23.5 Å². The van der Waals surface area contributed by atoms with Crippen molar-refractivity contribution >= 4 is 17.2 Å². The van der Waals surface area contributed by atoms with Crippen LogP contribution in [0.4, 0.5) is 0 Å².